The Morgan fingerprint density at radius 1 is 1.10 bits per heavy atom. The molecule has 1 fully saturated rings. The third-order valence-electron chi connectivity index (χ3n) is 5.58. The van der Waals surface area contributed by atoms with Crippen LogP contribution in [-0.4, -0.2) is 66.2 Å². The third-order valence-corrected chi connectivity index (χ3v) is 5.58. The van der Waals surface area contributed by atoms with Crippen molar-refractivity contribution in [3.8, 4) is 0 Å². The number of likely N-dealkylation sites (N-methyl/N-ethyl adjacent to an activating group) is 1. The zero-order valence-corrected chi connectivity index (χ0v) is 18.2. The second kappa shape index (κ2) is 9.70. The minimum Gasteiger partial charge on any atom is -0.360 e. The van der Waals surface area contributed by atoms with Gasteiger partial charge in [0.25, 0.3) is 5.69 Å². The number of Topliss-reactive ketones (excluding diaryl/α,β-unsaturated/α-hetero) is 1. The molecule has 2 aromatic carbocycles. The second-order valence-electron chi connectivity index (χ2n) is 8.02. The lowest BCUT2D eigenvalue weighted by molar-refractivity contribution is -0.384. The van der Waals surface area contributed by atoms with Gasteiger partial charge in [-0.05, 0) is 31.5 Å². The van der Waals surface area contributed by atoms with Crippen LogP contribution in [0.3, 0.4) is 0 Å². The molecule has 8 heteroatoms. The number of nitro benzene ring substituents is 1. The average molecular weight is 425 g/mol. The van der Waals surface area contributed by atoms with Gasteiger partial charge in [0, 0.05) is 51.4 Å². The molecule has 0 unspecified atom stereocenters. The molecule has 0 N–H and O–H groups in total. The van der Waals surface area contributed by atoms with Gasteiger partial charge in [0.15, 0.2) is 5.78 Å². The molecule has 0 saturated carbocycles. The highest BCUT2D eigenvalue weighted by Gasteiger charge is 2.25. The summed E-state index contributed by atoms with van der Waals surface area (Å²) in [7, 11) is 1.65. The van der Waals surface area contributed by atoms with Crippen molar-refractivity contribution in [2.75, 3.05) is 44.7 Å². The first-order valence-corrected chi connectivity index (χ1v) is 10.3. The maximum absolute atomic E-state index is 12.8. The number of carbonyl (C=O) groups is 2. The molecular weight excluding hydrogens is 396 g/mol. The van der Waals surface area contributed by atoms with Crippen LogP contribution in [0.25, 0.3) is 0 Å². The molecule has 0 aliphatic carbocycles. The lowest BCUT2D eigenvalue weighted by Crippen LogP contribution is -2.50. The Bertz CT molecular complexity index is 983. The van der Waals surface area contributed by atoms with Crippen molar-refractivity contribution >= 4 is 23.1 Å². The van der Waals surface area contributed by atoms with Crippen molar-refractivity contribution in [1.82, 2.24) is 9.80 Å². The molecule has 3 rings (SSSR count). The molecule has 1 heterocycles. The van der Waals surface area contributed by atoms with Gasteiger partial charge in [0.05, 0.1) is 11.5 Å². The number of piperazine rings is 1. The van der Waals surface area contributed by atoms with E-state index in [2.05, 4.69) is 36.1 Å². The lowest BCUT2D eigenvalue weighted by Gasteiger charge is -2.35. The van der Waals surface area contributed by atoms with Crippen LogP contribution >= 0.6 is 0 Å². The van der Waals surface area contributed by atoms with Crippen molar-refractivity contribution in [3.05, 3.63) is 69.3 Å². The van der Waals surface area contributed by atoms with E-state index >= 15 is 0 Å². The van der Waals surface area contributed by atoms with Crippen molar-refractivity contribution in [1.29, 1.82) is 0 Å². The van der Waals surface area contributed by atoms with E-state index in [0.717, 1.165) is 19.6 Å². The quantitative estimate of drug-likeness (QED) is 0.386. The molecule has 0 atom stereocenters. The largest absolute Gasteiger partial charge is 0.360 e. The number of anilines is 1. The van der Waals surface area contributed by atoms with Gasteiger partial charge in [-0.2, -0.15) is 0 Å². The van der Waals surface area contributed by atoms with Crippen LogP contribution in [0.5, 0.6) is 0 Å². The first-order valence-electron chi connectivity index (χ1n) is 10.3. The van der Waals surface area contributed by atoms with Gasteiger partial charge < -0.3 is 9.80 Å². The summed E-state index contributed by atoms with van der Waals surface area (Å²) >= 11 is 0. The van der Waals surface area contributed by atoms with Gasteiger partial charge >= 0.3 is 0 Å². The van der Waals surface area contributed by atoms with Crippen molar-refractivity contribution in [3.63, 3.8) is 0 Å². The Morgan fingerprint density at radius 3 is 2.42 bits per heavy atom. The SMILES string of the molecule is CC(=O)c1ccc(N(C)CC(=O)N2CCN(Cc3cccc(C)c3)CC2)c([N+](=O)[O-])c1. The van der Waals surface area contributed by atoms with E-state index in [1.54, 1.807) is 22.9 Å². The predicted molar refractivity (Wildman–Crippen MR) is 119 cm³/mol. The van der Waals surface area contributed by atoms with E-state index in [1.165, 1.54) is 30.2 Å². The predicted octanol–water partition coefficient (Wildman–Crippen LogP) is 2.89. The maximum Gasteiger partial charge on any atom is 0.293 e. The molecule has 0 aromatic heterocycles. The van der Waals surface area contributed by atoms with Crippen LogP contribution in [0.4, 0.5) is 11.4 Å². The monoisotopic (exact) mass is 424 g/mol. The number of ketones is 1. The van der Waals surface area contributed by atoms with Crippen LogP contribution in [0.2, 0.25) is 0 Å². The molecule has 0 bridgehead atoms. The first kappa shape index (κ1) is 22.4. The van der Waals surface area contributed by atoms with E-state index in [4.69, 9.17) is 0 Å². The molecule has 1 saturated heterocycles. The highest BCUT2D eigenvalue weighted by Crippen LogP contribution is 2.28. The summed E-state index contributed by atoms with van der Waals surface area (Å²) in [5, 5.41) is 11.5. The highest BCUT2D eigenvalue weighted by molar-refractivity contribution is 5.95. The summed E-state index contributed by atoms with van der Waals surface area (Å²) < 4.78 is 0. The fourth-order valence-electron chi connectivity index (χ4n) is 3.82. The van der Waals surface area contributed by atoms with Gasteiger partial charge in [0.1, 0.15) is 5.69 Å². The summed E-state index contributed by atoms with van der Waals surface area (Å²) in [5.74, 6) is -0.306. The number of hydrogen-bond donors (Lipinski definition) is 0. The first-order chi connectivity index (χ1) is 14.7. The number of amides is 1. The van der Waals surface area contributed by atoms with Gasteiger partial charge in [-0.1, -0.05) is 29.8 Å². The summed E-state index contributed by atoms with van der Waals surface area (Å²) in [5.41, 5.74) is 2.92. The van der Waals surface area contributed by atoms with Gasteiger partial charge in [-0.3, -0.25) is 24.6 Å². The molecule has 1 aliphatic heterocycles. The molecule has 2 aromatic rings. The molecule has 1 amide bonds. The molecule has 1 aliphatic rings. The van der Waals surface area contributed by atoms with Crippen LogP contribution < -0.4 is 4.90 Å². The van der Waals surface area contributed by atoms with Crippen LogP contribution in [0.1, 0.15) is 28.4 Å². The Balaban J connectivity index is 1.58. The number of rotatable bonds is 7. The standard InChI is InChI=1S/C23H28N4O4/c1-17-5-4-6-19(13-17)15-25-9-11-26(12-10-25)23(29)16-24(3)21-8-7-20(18(2)28)14-22(21)27(30)31/h4-8,13-14H,9-12,15-16H2,1-3H3. The fourth-order valence-corrected chi connectivity index (χ4v) is 3.82. The zero-order valence-electron chi connectivity index (χ0n) is 18.2. The number of nitro groups is 1. The highest BCUT2D eigenvalue weighted by atomic mass is 16.6. The Kier molecular flexibility index (Phi) is 7.02. The van der Waals surface area contributed by atoms with E-state index in [1.807, 2.05) is 0 Å². The van der Waals surface area contributed by atoms with Crippen molar-refractivity contribution in [2.24, 2.45) is 0 Å². The zero-order chi connectivity index (χ0) is 22.5. The summed E-state index contributed by atoms with van der Waals surface area (Å²) in [6.45, 7) is 7.18. The smallest absolute Gasteiger partial charge is 0.293 e. The normalized spacial score (nSPS) is 14.4. The van der Waals surface area contributed by atoms with E-state index < -0.39 is 4.92 Å². The topological polar surface area (TPSA) is 87.0 Å². The van der Waals surface area contributed by atoms with E-state index in [9.17, 15) is 19.7 Å². The summed E-state index contributed by atoms with van der Waals surface area (Å²) in [6, 6.07) is 12.8. The molecule has 0 radical (unpaired) electrons. The van der Waals surface area contributed by atoms with Gasteiger partial charge in [0.2, 0.25) is 5.91 Å². The molecule has 31 heavy (non-hydrogen) atoms. The van der Waals surface area contributed by atoms with Crippen molar-refractivity contribution < 1.29 is 14.5 Å². The van der Waals surface area contributed by atoms with Crippen LogP contribution in [0.15, 0.2) is 42.5 Å². The Hall–Kier alpha value is -3.26. The second-order valence-corrected chi connectivity index (χ2v) is 8.02. The Morgan fingerprint density at radius 2 is 1.81 bits per heavy atom. The molecule has 164 valence electrons. The summed E-state index contributed by atoms with van der Waals surface area (Å²) in [6.07, 6.45) is 0. The van der Waals surface area contributed by atoms with Crippen LogP contribution in [0, 0.1) is 17.0 Å². The molecule has 8 nitrogen and oxygen atoms in total. The number of hydrogen-bond acceptors (Lipinski definition) is 6. The number of carbonyl (C=O) groups excluding carboxylic acids is 2. The van der Waals surface area contributed by atoms with Crippen LogP contribution in [-0.2, 0) is 11.3 Å². The van der Waals surface area contributed by atoms with E-state index in [-0.39, 0.29) is 29.5 Å². The van der Waals surface area contributed by atoms with E-state index in [0.29, 0.717) is 18.8 Å². The minimum atomic E-state index is -0.521. The maximum atomic E-state index is 12.8. The lowest BCUT2D eigenvalue weighted by atomic mass is 10.1. The third kappa shape index (κ3) is 5.67. The summed E-state index contributed by atoms with van der Waals surface area (Å²) in [4.78, 5) is 41.0. The Labute approximate surface area is 182 Å². The number of nitrogens with zero attached hydrogens (tertiary/aromatic N) is 4. The molecular formula is C23H28N4O4. The van der Waals surface area contributed by atoms with Gasteiger partial charge in [-0.15, -0.1) is 0 Å². The fraction of sp³-hybridized carbons (Fsp3) is 0.391. The van der Waals surface area contributed by atoms with Gasteiger partial charge in [-0.25, -0.2) is 0 Å². The van der Waals surface area contributed by atoms with Crippen molar-refractivity contribution in [2.45, 2.75) is 20.4 Å². The molecule has 0 spiro atoms. The number of aryl methyl sites for hydroxylation is 1. The number of benzene rings is 2. The minimum absolute atomic E-state index is 0.0398. The average Bonchev–Trinajstić information content (AvgIpc) is 2.73.